The maximum absolute atomic E-state index is 12.8. The van der Waals surface area contributed by atoms with Crippen molar-refractivity contribution in [3.05, 3.63) is 52.2 Å². The summed E-state index contributed by atoms with van der Waals surface area (Å²) in [6, 6.07) is 11.4. The molecule has 1 aromatic carbocycles. The number of thioether (sulfide) groups is 1. The SMILES string of the molecule is CN(C(=O)c1ccccc1SCc1cccs1)C1CCS(=O)(=O)C1. The normalized spacial score (nSPS) is 19.3. The van der Waals surface area contributed by atoms with Gasteiger partial charge in [-0.2, -0.15) is 0 Å². The predicted molar refractivity (Wildman–Crippen MR) is 99.5 cm³/mol. The van der Waals surface area contributed by atoms with Crippen LogP contribution in [0, 0.1) is 0 Å². The van der Waals surface area contributed by atoms with Crippen molar-refractivity contribution in [2.45, 2.75) is 23.1 Å². The van der Waals surface area contributed by atoms with Gasteiger partial charge in [-0.15, -0.1) is 23.1 Å². The summed E-state index contributed by atoms with van der Waals surface area (Å²) in [5.41, 5.74) is 0.644. The monoisotopic (exact) mass is 381 g/mol. The molecule has 0 spiro atoms. The molecule has 1 aliphatic rings. The molecule has 1 aliphatic heterocycles. The van der Waals surface area contributed by atoms with Crippen molar-refractivity contribution in [2.75, 3.05) is 18.6 Å². The Balaban J connectivity index is 1.74. The molecule has 128 valence electrons. The Bertz CT molecular complexity index is 815. The molecular formula is C17H19NO3S3. The predicted octanol–water partition coefficient (Wildman–Crippen LogP) is 3.30. The van der Waals surface area contributed by atoms with Crippen LogP contribution in [-0.2, 0) is 15.6 Å². The van der Waals surface area contributed by atoms with Crippen molar-refractivity contribution in [3.63, 3.8) is 0 Å². The van der Waals surface area contributed by atoms with Crippen LogP contribution < -0.4 is 0 Å². The van der Waals surface area contributed by atoms with Crippen molar-refractivity contribution in [1.29, 1.82) is 0 Å². The molecule has 1 saturated heterocycles. The van der Waals surface area contributed by atoms with E-state index in [0.717, 1.165) is 10.6 Å². The van der Waals surface area contributed by atoms with Crippen LogP contribution in [-0.4, -0.2) is 43.8 Å². The molecule has 1 aromatic heterocycles. The molecule has 4 nitrogen and oxygen atoms in total. The second-order valence-electron chi connectivity index (χ2n) is 5.84. The van der Waals surface area contributed by atoms with Gasteiger partial charge in [0.1, 0.15) is 0 Å². The van der Waals surface area contributed by atoms with Gasteiger partial charge in [-0.1, -0.05) is 18.2 Å². The number of benzene rings is 1. The third kappa shape index (κ3) is 4.02. The number of amides is 1. The Kier molecular flexibility index (Phi) is 5.32. The van der Waals surface area contributed by atoms with Crippen molar-refractivity contribution >= 4 is 38.8 Å². The first-order valence-electron chi connectivity index (χ1n) is 7.68. The highest BCUT2D eigenvalue weighted by atomic mass is 32.2. The highest BCUT2D eigenvalue weighted by Gasteiger charge is 2.33. The van der Waals surface area contributed by atoms with E-state index in [1.54, 1.807) is 35.0 Å². The lowest BCUT2D eigenvalue weighted by Crippen LogP contribution is -2.38. The second-order valence-corrected chi connectivity index (χ2v) is 10.1. The quantitative estimate of drug-likeness (QED) is 0.746. The van der Waals surface area contributed by atoms with Gasteiger partial charge < -0.3 is 4.90 Å². The van der Waals surface area contributed by atoms with Crippen LogP contribution in [0.3, 0.4) is 0 Å². The zero-order valence-electron chi connectivity index (χ0n) is 13.3. The summed E-state index contributed by atoms with van der Waals surface area (Å²) in [4.78, 5) is 16.6. The Morgan fingerprint density at radius 1 is 1.29 bits per heavy atom. The minimum Gasteiger partial charge on any atom is -0.338 e. The lowest BCUT2D eigenvalue weighted by Gasteiger charge is -2.24. The Morgan fingerprint density at radius 2 is 2.08 bits per heavy atom. The minimum atomic E-state index is -3.00. The fourth-order valence-corrected chi connectivity index (χ4v) is 6.34. The first kappa shape index (κ1) is 17.5. The van der Waals surface area contributed by atoms with Gasteiger partial charge >= 0.3 is 0 Å². The molecule has 2 aromatic rings. The molecule has 7 heteroatoms. The van der Waals surface area contributed by atoms with Gasteiger partial charge in [-0.25, -0.2) is 8.42 Å². The van der Waals surface area contributed by atoms with Gasteiger partial charge in [0.15, 0.2) is 9.84 Å². The van der Waals surface area contributed by atoms with E-state index in [9.17, 15) is 13.2 Å². The van der Waals surface area contributed by atoms with Crippen LogP contribution in [0.25, 0.3) is 0 Å². The fraction of sp³-hybridized carbons (Fsp3) is 0.353. The second kappa shape index (κ2) is 7.29. The van der Waals surface area contributed by atoms with E-state index >= 15 is 0 Å². The van der Waals surface area contributed by atoms with Gasteiger partial charge in [0.05, 0.1) is 17.1 Å². The Labute approximate surface area is 150 Å². The lowest BCUT2D eigenvalue weighted by molar-refractivity contribution is 0.0744. The summed E-state index contributed by atoms with van der Waals surface area (Å²) in [5.74, 6) is 0.958. The van der Waals surface area contributed by atoms with E-state index in [4.69, 9.17) is 0 Å². The summed E-state index contributed by atoms with van der Waals surface area (Å²) in [6.45, 7) is 0. The van der Waals surface area contributed by atoms with Crippen molar-refractivity contribution in [3.8, 4) is 0 Å². The van der Waals surface area contributed by atoms with E-state index in [-0.39, 0.29) is 23.5 Å². The maximum Gasteiger partial charge on any atom is 0.255 e. The summed E-state index contributed by atoms with van der Waals surface area (Å²) in [5, 5.41) is 2.04. The molecule has 2 heterocycles. The van der Waals surface area contributed by atoms with Crippen molar-refractivity contribution < 1.29 is 13.2 Å². The van der Waals surface area contributed by atoms with E-state index < -0.39 is 9.84 Å². The number of thiophene rings is 1. The van der Waals surface area contributed by atoms with Crippen LogP contribution in [0.1, 0.15) is 21.7 Å². The molecule has 1 fully saturated rings. The Hall–Kier alpha value is -1.31. The van der Waals surface area contributed by atoms with E-state index in [1.807, 2.05) is 35.7 Å². The molecule has 0 N–H and O–H groups in total. The number of hydrogen-bond donors (Lipinski definition) is 0. The number of hydrogen-bond acceptors (Lipinski definition) is 5. The first-order valence-corrected chi connectivity index (χ1v) is 11.4. The fourth-order valence-electron chi connectivity index (χ4n) is 2.75. The van der Waals surface area contributed by atoms with E-state index in [1.165, 1.54) is 4.88 Å². The average Bonchev–Trinajstić information content (AvgIpc) is 3.21. The molecule has 3 rings (SSSR count). The summed E-state index contributed by atoms with van der Waals surface area (Å²) < 4.78 is 23.3. The molecule has 1 amide bonds. The summed E-state index contributed by atoms with van der Waals surface area (Å²) >= 11 is 3.34. The standard InChI is InChI=1S/C17H19NO3S3/c1-18(13-8-10-24(20,21)12-13)17(19)15-6-2-3-7-16(15)23-11-14-5-4-9-22-14/h2-7,9,13H,8,10-12H2,1H3. The summed E-state index contributed by atoms with van der Waals surface area (Å²) in [7, 11) is -1.30. The average molecular weight is 382 g/mol. The minimum absolute atomic E-state index is 0.0692. The number of nitrogens with zero attached hydrogens (tertiary/aromatic N) is 1. The van der Waals surface area contributed by atoms with Crippen LogP contribution in [0.5, 0.6) is 0 Å². The largest absolute Gasteiger partial charge is 0.338 e. The molecule has 0 bridgehead atoms. The van der Waals surface area contributed by atoms with Crippen LogP contribution >= 0.6 is 23.1 Å². The van der Waals surface area contributed by atoms with Gasteiger partial charge in [0, 0.05) is 28.6 Å². The number of carbonyl (C=O) groups excluding carboxylic acids is 1. The zero-order chi connectivity index (χ0) is 17.2. The third-order valence-electron chi connectivity index (χ3n) is 4.14. The molecule has 0 radical (unpaired) electrons. The highest BCUT2D eigenvalue weighted by molar-refractivity contribution is 7.98. The third-order valence-corrected chi connectivity index (χ3v) is 8.08. The van der Waals surface area contributed by atoms with Gasteiger partial charge in [0.25, 0.3) is 5.91 Å². The van der Waals surface area contributed by atoms with E-state index in [2.05, 4.69) is 6.07 Å². The van der Waals surface area contributed by atoms with Gasteiger partial charge in [0.2, 0.25) is 0 Å². The highest BCUT2D eigenvalue weighted by Crippen LogP contribution is 2.29. The lowest BCUT2D eigenvalue weighted by atomic mass is 10.1. The van der Waals surface area contributed by atoms with Gasteiger partial charge in [-0.3, -0.25) is 4.79 Å². The zero-order valence-corrected chi connectivity index (χ0v) is 15.8. The molecule has 0 aliphatic carbocycles. The number of carbonyl (C=O) groups is 1. The number of sulfone groups is 1. The molecule has 1 unspecified atom stereocenters. The van der Waals surface area contributed by atoms with Crippen LogP contribution in [0.4, 0.5) is 0 Å². The smallest absolute Gasteiger partial charge is 0.255 e. The topological polar surface area (TPSA) is 54.5 Å². The molecular weight excluding hydrogens is 362 g/mol. The van der Waals surface area contributed by atoms with Gasteiger partial charge in [-0.05, 0) is 30.0 Å². The first-order chi connectivity index (χ1) is 11.5. The van der Waals surface area contributed by atoms with E-state index in [0.29, 0.717) is 12.0 Å². The maximum atomic E-state index is 12.8. The van der Waals surface area contributed by atoms with Crippen molar-refractivity contribution in [2.24, 2.45) is 0 Å². The van der Waals surface area contributed by atoms with Crippen molar-refractivity contribution in [1.82, 2.24) is 4.90 Å². The van der Waals surface area contributed by atoms with Crippen LogP contribution in [0.2, 0.25) is 0 Å². The number of rotatable bonds is 5. The molecule has 24 heavy (non-hydrogen) atoms. The summed E-state index contributed by atoms with van der Waals surface area (Å²) in [6.07, 6.45) is 0.523. The molecule has 1 atom stereocenters. The Morgan fingerprint density at radius 3 is 2.75 bits per heavy atom. The van der Waals surface area contributed by atoms with Crippen LogP contribution in [0.15, 0.2) is 46.7 Å². The molecule has 0 saturated carbocycles.